The van der Waals surface area contributed by atoms with Crippen molar-refractivity contribution < 1.29 is 9.84 Å². The number of aromatic nitrogens is 1. The van der Waals surface area contributed by atoms with E-state index in [4.69, 9.17) is 16.3 Å². The van der Waals surface area contributed by atoms with Gasteiger partial charge in [-0.1, -0.05) is 17.7 Å². The summed E-state index contributed by atoms with van der Waals surface area (Å²) in [6, 6.07) is 7.11. The number of nitrogens with zero attached hydrogens (tertiary/aromatic N) is 1. The zero-order valence-electron chi connectivity index (χ0n) is 11.2. The van der Waals surface area contributed by atoms with Crippen molar-refractivity contribution in [3.05, 3.63) is 57.3 Å². The van der Waals surface area contributed by atoms with E-state index in [2.05, 4.69) is 20.9 Å². The van der Waals surface area contributed by atoms with Crippen molar-refractivity contribution in [3.8, 4) is 5.75 Å². The van der Waals surface area contributed by atoms with Crippen LogP contribution in [-0.2, 0) is 0 Å². The fourth-order valence-corrected chi connectivity index (χ4v) is 2.31. The second kappa shape index (κ2) is 6.57. The SMILES string of the molecule is CC(C)Oc1cncc(C(O)c2ccc(Cl)c(Br)c2)c1. The van der Waals surface area contributed by atoms with Crippen LogP contribution in [0, 0.1) is 0 Å². The molecule has 106 valence electrons. The average Bonchev–Trinajstić information content (AvgIpc) is 2.40. The third kappa shape index (κ3) is 3.72. The van der Waals surface area contributed by atoms with Gasteiger partial charge in [0.15, 0.2) is 0 Å². The maximum atomic E-state index is 10.4. The first-order valence-electron chi connectivity index (χ1n) is 6.22. The Labute approximate surface area is 131 Å². The number of hydrogen-bond acceptors (Lipinski definition) is 3. The summed E-state index contributed by atoms with van der Waals surface area (Å²) in [5.41, 5.74) is 1.42. The Bertz CT molecular complexity index is 604. The van der Waals surface area contributed by atoms with Gasteiger partial charge in [-0.25, -0.2) is 0 Å². The van der Waals surface area contributed by atoms with Gasteiger partial charge in [0.25, 0.3) is 0 Å². The molecule has 1 atom stereocenters. The minimum atomic E-state index is -0.772. The largest absolute Gasteiger partial charge is 0.489 e. The molecule has 1 unspecified atom stereocenters. The number of ether oxygens (including phenoxy) is 1. The topological polar surface area (TPSA) is 42.4 Å². The molecule has 0 fully saturated rings. The molecule has 20 heavy (non-hydrogen) atoms. The van der Waals surface area contributed by atoms with Gasteiger partial charge in [-0.2, -0.15) is 0 Å². The van der Waals surface area contributed by atoms with Gasteiger partial charge in [-0.3, -0.25) is 4.98 Å². The lowest BCUT2D eigenvalue weighted by Crippen LogP contribution is -2.07. The van der Waals surface area contributed by atoms with Gasteiger partial charge < -0.3 is 9.84 Å². The minimum absolute atomic E-state index is 0.0638. The average molecular weight is 357 g/mol. The Morgan fingerprint density at radius 2 is 1.95 bits per heavy atom. The molecule has 2 rings (SSSR count). The van der Waals surface area contributed by atoms with Crippen LogP contribution in [0.15, 0.2) is 41.1 Å². The Kier molecular flexibility index (Phi) is 5.02. The predicted molar refractivity (Wildman–Crippen MR) is 83.2 cm³/mol. The van der Waals surface area contributed by atoms with Crippen LogP contribution in [0.5, 0.6) is 5.75 Å². The van der Waals surface area contributed by atoms with E-state index in [-0.39, 0.29) is 6.10 Å². The molecule has 0 aliphatic rings. The van der Waals surface area contributed by atoms with Crippen LogP contribution in [0.2, 0.25) is 5.02 Å². The molecule has 2 aromatic rings. The fourth-order valence-electron chi connectivity index (χ4n) is 1.80. The summed E-state index contributed by atoms with van der Waals surface area (Å²) in [7, 11) is 0. The normalized spacial score (nSPS) is 12.5. The molecule has 1 aromatic carbocycles. The summed E-state index contributed by atoms with van der Waals surface area (Å²) in [6.45, 7) is 3.89. The molecule has 0 spiro atoms. The van der Waals surface area contributed by atoms with E-state index in [0.29, 0.717) is 16.3 Å². The molecule has 0 saturated heterocycles. The zero-order valence-corrected chi connectivity index (χ0v) is 13.5. The summed E-state index contributed by atoms with van der Waals surface area (Å²) >= 11 is 9.30. The summed E-state index contributed by atoms with van der Waals surface area (Å²) in [6.07, 6.45) is 2.55. The third-order valence-corrected chi connectivity index (χ3v) is 3.90. The first-order chi connectivity index (χ1) is 9.47. The molecular formula is C15H15BrClNO2. The molecule has 0 saturated carbocycles. The van der Waals surface area contributed by atoms with Crippen LogP contribution in [-0.4, -0.2) is 16.2 Å². The third-order valence-electron chi connectivity index (χ3n) is 2.68. The number of aliphatic hydroxyl groups excluding tert-OH is 1. The van der Waals surface area contributed by atoms with Gasteiger partial charge in [0.1, 0.15) is 11.9 Å². The van der Waals surface area contributed by atoms with Crippen molar-refractivity contribution in [1.82, 2.24) is 4.98 Å². The predicted octanol–water partition coefficient (Wildman–Crippen LogP) is 4.37. The molecule has 0 radical (unpaired) electrons. The highest BCUT2D eigenvalue weighted by Crippen LogP contribution is 2.30. The lowest BCUT2D eigenvalue weighted by Gasteiger charge is -2.14. The molecule has 0 aliphatic heterocycles. The smallest absolute Gasteiger partial charge is 0.138 e. The number of hydrogen-bond donors (Lipinski definition) is 1. The molecular weight excluding hydrogens is 342 g/mol. The summed E-state index contributed by atoms with van der Waals surface area (Å²) in [4.78, 5) is 4.10. The van der Waals surface area contributed by atoms with Gasteiger partial charge in [-0.05, 0) is 53.5 Å². The Balaban J connectivity index is 2.28. The molecule has 5 heteroatoms. The highest BCUT2D eigenvalue weighted by molar-refractivity contribution is 9.10. The second-order valence-electron chi connectivity index (χ2n) is 4.70. The Morgan fingerprint density at radius 3 is 2.60 bits per heavy atom. The van der Waals surface area contributed by atoms with Crippen LogP contribution < -0.4 is 4.74 Å². The summed E-state index contributed by atoms with van der Waals surface area (Å²) in [5, 5.41) is 11.0. The summed E-state index contributed by atoms with van der Waals surface area (Å²) in [5.74, 6) is 0.643. The van der Waals surface area contributed by atoms with Crippen LogP contribution in [0.1, 0.15) is 31.1 Å². The van der Waals surface area contributed by atoms with Crippen LogP contribution in [0.3, 0.4) is 0 Å². The molecule has 1 aromatic heterocycles. The molecule has 0 bridgehead atoms. The van der Waals surface area contributed by atoms with E-state index < -0.39 is 6.10 Å². The molecule has 1 N–H and O–H groups in total. The van der Waals surface area contributed by atoms with Crippen LogP contribution in [0.4, 0.5) is 0 Å². The monoisotopic (exact) mass is 355 g/mol. The number of rotatable bonds is 4. The van der Waals surface area contributed by atoms with Gasteiger partial charge >= 0.3 is 0 Å². The lowest BCUT2D eigenvalue weighted by atomic mass is 10.0. The van der Waals surface area contributed by atoms with Gasteiger partial charge in [-0.15, -0.1) is 0 Å². The number of aliphatic hydroxyl groups is 1. The standard InChI is InChI=1S/C15H15BrClNO2/c1-9(2)20-12-5-11(7-18-8-12)15(19)10-3-4-14(17)13(16)6-10/h3-9,15,19H,1-2H3. The highest BCUT2D eigenvalue weighted by Gasteiger charge is 2.13. The van der Waals surface area contributed by atoms with Crippen molar-refractivity contribution in [2.24, 2.45) is 0 Å². The van der Waals surface area contributed by atoms with E-state index >= 15 is 0 Å². The Hall–Kier alpha value is -1.10. The van der Waals surface area contributed by atoms with Crippen molar-refractivity contribution in [2.45, 2.75) is 26.1 Å². The summed E-state index contributed by atoms with van der Waals surface area (Å²) < 4.78 is 6.33. The minimum Gasteiger partial charge on any atom is -0.489 e. The van der Waals surface area contributed by atoms with Crippen molar-refractivity contribution in [3.63, 3.8) is 0 Å². The molecule has 1 heterocycles. The zero-order chi connectivity index (χ0) is 14.7. The Morgan fingerprint density at radius 1 is 1.20 bits per heavy atom. The first-order valence-corrected chi connectivity index (χ1v) is 7.39. The number of pyridine rings is 1. The fraction of sp³-hybridized carbons (Fsp3) is 0.267. The van der Waals surface area contributed by atoms with Gasteiger partial charge in [0, 0.05) is 16.2 Å². The molecule has 0 amide bonds. The van der Waals surface area contributed by atoms with E-state index in [1.165, 1.54) is 0 Å². The lowest BCUT2D eigenvalue weighted by molar-refractivity contribution is 0.215. The van der Waals surface area contributed by atoms with Crippen LogP contribution in [0.25, 0.3) is 0 Å². The van der Waals surface area contributed by atoms with E-state index in [1.807, 2.05) is 13.8 Å². The molecule has 0 aliphatic carbocycles. The van der Waals surface area contributed by atoms with Crippen molar-refractivity contribution in [1.29, 1.82) is 0 Å². The first kappa shape index (κ1) is 15.3. The van der Waals surface area contributed by atoms with Crippen LogP contribution >= 0.6 is 27.5 Å². The molecule has 3 nitrogen and oxygen atoms in total. The van der Waals surface area contributed by atoms with E-state index in [0.717, 1.165) is 10.0 Å². The second-order valence-corrected chi connectivity index (χ2v) is 5.96. The van der Waals surface area contributed by atoms with Crippen molar-refractivity contribution in [2.75, 3.05) is 0 Å². The maximum Gasteiger partial charge on any atom is 0.138 e. The quantitative estimate of drug-likeness (QED) is 0.884. The highest BCUT2D eigenvalue weighted by atomic mass is 79.9. The van der Waals surface area contributed by atoms with Crippen molar-refractivity contribution >= 4 is 27.5 Å². The van der Waals surface area contributed by atoms with Gasteiger partial charge in [0.05, 0.1) is 17.3 Å². The van der Waals surface area contributed by atoms with Gasteiger partial charge in [0.2, 0.25) is 0 Å². The number of halogens is 2. The maximum absolute atomic E-state index is 10.4. The number of benzene rings is 1. The van der Waals surface area contributed by atoms with E-state index in [1.54, 1.807) is 36.7 Å². The van der Waals surface area contributed by atoms with E-state index in [9.17, 15) is 5.11 Å².